The van der Waals surface area contributed by atoms with Gasteiger partial charge in [-0.25, -0.2) is 9.18 Å². The summed E-state index contributed by atoms with van der Waals surface area (Å²) < 4.78 is 25.7. The van der Waals surface area contributed by atoms with Crippen LogP contribution >= 0.6 is 0 Å². The van der Waals surface area contributed by atoms with Crippen molar-refractivity contribution in [2.75, 3.05) is 51.0 Å². The summed E-state index contributed by atoms with van der Waals surface area (Å²) in [7, 11) is 3.99. The number of aliphatic hydroxyl groups is 1. The van der Waals surface area contributed by atoms with Gasteiger partial charge >= 0.3 is 6.03 Å². The van der Waals surface area contributed by atoms with Gasteiger partial charge in [0, 0.05) is 37.0 Å². The number of ether oxygens (including phenoxy) is 2. The van der Waals surface area contributed by atoms with Gasteiger partial charge in [-0.05, 0) is 89.7 Å². The van der Waals surface area contributed by atoms with Crippen LogP contribution in [0.4, 0.5) is 20.6 Å². The molecule has 2 aromatic rings. The van der Waals surface area contributed by atoms with Gasteiger partial charge in [-0.15, -0.1) is 0 Å². The lowest BCUT2D eigenvalue weighted by Crippen LogP contribution is -2.47. The summed E-state index contributed by atoms with van der Waals surface area (Å²) in [6.45, 7) is 7.33. The molecule has 10 heteroatoms. The van der Waals surface area contributed by atoms with E-state index in [1.165, 1.54) is 24.3 Å². The van der Waals surface area contributed by atoms with Crippen molar-refractivity contribution in [2.24, 2.45) is 5.92 Å². The second-order valence-electron chi connectivity index (χ2n) is 10.9. The Bertz CT molecular complexity index is 1110. The highest BCUT2D eigenvalue weighted by molar-refractivity contribution is 6.02. The van der Waals surface area contributed by atoms with Crippen LogP contribution in [0.2, 0.25) is 0 Å². The summed E-state index contributed by atoms with van der Waals surface area (Å²) in [5.74, 6) is -0.295. The Morgan fingerprint density at radius 2 is 1.80 bits per heavy atom. The molecule has 0 saturated carbocycles. The average Bonchev–Trinajstić information content (AvgIpc) is 2.91. The SMILES string of the molecule is C[C@H](CO)N1C[C@H](C)[C@H](CN(C)C)OCCCC[C@H](C)Oc2ccc(NC(=O)Nc3ccc(F)cc3)cc2C1=O. The number of carbonyl (C=O) groups excluding carboxylic acids is 2. The van der Waals surface area contributed by atoms with E-state index in [1.807, 2.05) is 21.0 Å². The van der Waals surface area contributed by atoms with Crippen LogP contribution in [0, 0.1) is 11.7 Å². The van der Waals surface area contributed by atoms with Crippen molar-refractivity contribution in [1.29, 1.82) is 0 Å². The van der Waals surface area contributed by atoms with Crippen LogP contribution in [-0.4, -0.2) is 85.5 Å². The van der Waals surface area contributed by atoms with Crippen molar-refractivity contribution in [3.63, 3.8) is 0 Å². The Morgan fingerprint density at radius 3 is 2.48 bits per heavy atom. The minimum absolute atomic E-state index is 0.00521. The minimum atomic E-state index is -0.535. The molecule has 0 bridgehead atoms. The molecule has 0 fully saturated rings. The van der Waals surface area contributed by atoms with E-state index in [9.17, 15) is 19.1 Å². The fourth-order valence-corrected chi connectivity index (χ4v) is 4.65. The molecular weight excluding hydrogens is 515 g/mol. The van der Waals surface area contributed by atoms with E-state index in [0.717, 1.165) is 19.3 Å². The number of halogens is 1. The molecule has 3 rings (SSSR count). The summed E-state index contributed by atoms with van der Waals surface area (Å²) in [4.78, 5) is 30.4. The Balaban J connectivity index is 1.92. The van der Waals surface area contributed by atoms with Crippen LogP contribution in [0.3, 0.4) is 0 Å². The van der Waals surface area contributed by atoms with Gasteiger partial charge < -0.3 is 35.0 Å². The van der Waals surface area contributed by atoms with Crippen molar-refractivity contribution in [1.82, 2.24) is 9.80 Å². The summed E-state index contributed by atoms with van der Waals surface area (Å²) in [5.41, 5.74) is 1.11. The molecule has 0 unspecified atom stereocenters. The van der Waals surface area contributed by atoms with Gasteiger partial charge in [0.2, 0.25) is 0 Å². The Kier molecular flexibility index (Phi) is 11.7. The predicted molar refractivity (Wildman–Crippen MR) is 154 cm³/mol. The maximum Gasteiger partial charge on any atom is 0.323 e. The molecule has 0 radical (unpaired) electrons. The zero-order chi connectivity index (χ0) is 29.2. The van der Waals surface area contributed by atoms with Crippen LogP contribution in [0.15, 0.2) is 42.5 Å². The average molecular weight is 559 g/mol. The van der Waals surface area contributed by atoms with Crippen LogP contribution in [0.1, 0.15) is 50.4 Å². The number of carbonyl (C=O) groups is 2. The molecule has 3 amide bonds. The number of nitrogens with one attached hydrogen (secondary N) is 2. The van der Waals surface area contributed by atoms with Crippen molar-refractivity contribution >= 4 is 23.3 Å². The maximum absolute atomic E-state index is 14.1. The van der Waals surface area contributed by atoms with E-state index in [1.54, 1.807) is 30.0 Å². The maximum atomic E-state index is 14.1. The topological polar surface area (TPSA) is 103 Å². The number of benzene rings is 2. The summed E-state index contributed by atoms with van der Waals surface area (Å²) in [5, 5.41) is 15.4. The van der Waals surface area contributed by atoms with Crippen molar-refractivity contribution in [2.45, 2.75) is 58.3 Å². The number of likely N-dealkylation sites (N-methyl/N-ethyl adjacent to an activating group) is 1. The van der Waals surface area contributed by atoms with Crippen LogP contribution in [0.5, 0.6) is 5.75 Å². The standard InChI is InChI=1S/C30H43FN4O5/c1-20-17-35(21(2)19-36)29(37)26-16-25(33-30(38)32-24-11-9-23(31)10-12-24)13-14-27(26)40-22(3)8-6-7-15-39-28(20)18-34(4)5/h9-14,16,20-22,28,36H,6-8,15,17-19H2,1-5H3,(H2,32,33,38)/t20-,21+,22-,28-/m0/s1. The van der Waals surface area contributed by atoms with Gasteiger partial charge in [0.1, 0.15) is 11.6 Å². The Hall–Kier alpha value is -3.21. The smallest absolute Gasteiger partial charge is 0.323 e. The third-order valence-electron chi connectivity index (χ3n) is 6.96. The molecule has 3 N–H and O–H groups in total. The van der Waals surface area contributed by atoms with Gasteiger partial charge in [0.25, 0.3) is 5.91 Å². The van der Waals surface area contributed by atoms with Gasteiger partial charge in [-0.1, -0.05) is 6.92 Å². The Labute approximate surface area is 236 Å². The van der Waals surface area contributed by atoms with E-state index in [4.69, 9.17) is 9.47 Å². The van der Waals surface area contributed by atoms with E-state index in [-0.39, 0.29) is 30.6 Å². The number of rotatable bonds is 6. The number of hydrogen-bond acceptors (Lipinski definition) is 6. The second kappa shape index (κ2) is 15.0. The fraction of sp³-hybridized carbons (Fsp3) is 0.533. The van der Waals surface area contributed by atoms with Gasteiger partial charge in [0.15, 0.2) is 0 Å². The van der Waals surface area contributed by atoms with Crippen molar-refractivity contribution < 1.29 is 28.6 Å². The first kappa shape index (κ1) is 31.3. The van der Waals surface area contributed by atoms with Crippen LogP contribution in [-0.2, 0) is 4.74 Å². The van der Waals surface area contributed by atoms with Crippen LogP contribution < -0.4 is 15.4 Å². The molecule has 1 heterocycles. The molecule has 40 heavy (non-hydrogen) atoms. The molecule has 4 atom stereocenters. The van der Waals surface area contributed by atoms with Crippen molar-refractivity contribution in [3.8, 4) is 5.75 Å². The largest absolute Gasteiger partial charge is 0.490 e. The predicted octanol–water partition coefficient (Wildman–Crippen LogP) is 4.83. The molecule has 1 aliphatic heterocycles. The molecule has 0 spiro atoms. The second-order valence-corrected chi connectivity index (χ2v) is 10.9. The zero-order valence-corrected chi connectivity index (χ0v) is 24.2. The molecule has 0 saturated heterocycles. The van der Waals surface area contributed by atoms with E-state index in [2.05, 4.69) is 22.5 Å². The monoisotopic (exact) mass is 558 g/mol. The highest BCUT2D eigenvalue weighted by Gasteiger charge is 2.30. The van der Waals surface area contributed by atoms with Crippen LogP contribution in [0.25, 0.3) is 0 Å². The molecule has 0 aromatic heterocycles. The number of urea groups is 1. The van der Waals surface area contributed by atoms with E-state index in [0.29, 0.717) is 42.4 Å². The zero-order valence-electron chi connectivity index (χ0n) is 24.2. The number of hydrogen-bond donors (Lipinski definition) is 3. The summed E-state index contributed by atoms with van der Waals surface area (Å²) >= 11 is 0. The third-order valence-corrected chi connectivity index (χ3v) is 6.96. The molecule has 2 aromatic carbocycles. The minimum Gasteiger partial charge on any atom is -0.490 e. The van der Waals surface area contributed by atoms with Gasteiger partial charge in [-0.3, -0.25) is 4.79 Å². The van der Waals surface area contributed by atoms with E-state index >= 15 is 0 Å². The van der Waals surface area contributed by atoms with Crippen molar-refractivity contribution in [3.05, 3.63) is 53.8 Å². The summed E-state index contributed by atoms with van der Waals surface area (Å²) in [6.07, 6.45) is 2.39. The van der Waals surface area contributed by atoms with Gasteiger partial charge in [0.05, 0.1) is 30.4 Å². The molecule has 0 aliphatic carbocycles. The lowest BCUT2D eigenvalue weighted by molar-refractivity contribution is -0.0137. The Morgan fingerprint density at radius 1 is 1.12 bits per heavy atom. The number of aliphatic hydroxyl groups excluding tert-OH is 1. The molecule has 1 aliphatic rings. The number of anilines is 2. The molecule has 220 valence electrons. The first-order valence-electron chi connectivity index (χ1n) is 13.9. The first-order valence-corrected chi connectivity index (χ1v) is 13.9. The highest BCUT2D eigenvalue weighted by atomic mass is 19.1. The number of fused-ring (bicyclic) bond motifs is 1. The first-order chi connectivity index (χ1) is 19.1. The fourth-order valence-electron chi connectivity index (χ4n) is 4.65. The molecular formula is C30H43FN4O5. The normalized spacial score (nSPS) is 21.6. The molecule has 9 nitrogen and oxygen atoms in total. The van der Waals surface area contributed by atoms with Gasteiger partial charge in [-0.2, -0.15) is 0 Å². The van der Waals surface area contributed by atoms with E-state index < -0.39 is 17.9 Å². The highest BCUT2D eigenvalue weighted by Crippen LogP contribution is 2.28. The lowest BCUT2D eigenvalue weighted by Gasteiger charge is -2.35. The third kappa shape index (κ3) is 9.18. The number of nitrogens with zero attached hydrogens (tertiary/aromatic N) is 2. The number of amides is 3. The quantitative estimate of drug-likeness (QED) is 0.470. The summed E-state index contributed by atoms with van der Waals surface area (Å²) in [6, 6.07) is 9.39. The lowest BCUT2D eigenvalue weighted by atomic mass is 10.0.